The largest absolute Gasteiger partial charge is 0.379 e. The number of benzene rings is 1. The van der Waals surface area contributed by atoms with Crippen LogP contribution >= 0.6 is 34.3 Å². The number of halogens is 1. The maximum absolute atomic E-state index is 13.9. The number of sulfonamides is 1. The van der Waals surface area contributed by atoms with Gasteiger partial charge >= 0.3 is 0 Å². The van der Waals surface area contributed by atoms with Crippen LogP contribution in [0, 0.1) is 12.8 Å². The number of ether oxygens (including phenoxy) is 1. The van der Waals surface area contributed by atoms with Gasteiger partial charge in [-0.2, -0.15) is 4.31 Å². The number of rotatable bonds is 8. The zero-order chi connectivity index (χ0) is 26.0. The molecule has 0 spiro atoms. The Labute approximate surface area is 230 Å². The first-order valence-corrected chi connectivity index (χ1v) is 16.1. The minimum atomic E-state index is -3.51. The SMILES string of the molecule is Cc1ccc(Cl)c2sc(N(CCCN3CCOCC3)C(=O)C3CCN(S(=O)(=O)c4cccs4)CC3)nc12. The molecule has 1 aromatic carbocycles. The van der Waals surface area contributed by atoms with Crippen molar-refractivity contribution in [3.05, 3.63) is 40.2 Å². The van der Waals surface area contributed by atoms with Crippen molar-refractivity contribution in [1.29, 1.82) is 0 Å². The first-order valence-electron chi connectivity index (χ1n) is 12.6. The van der Waals surface area contributed by atoms with E-state index in [1.165, 1.54) is 27.0 Å². The van der Waals surface area contributed by atoms with E-state index >= 15 is 0 Å². The Balaban J connectivity index is 1.32. The summed E-state index contributed by atoms with van der Waals surface area (Å²) >= 11 is 9.14. The minimum Gasteiger partial charge on any atom is -0.379 e. The van der Waals surface area contributed by atoms with E-state index < -0.39 is 10.0 Å². The third-order valence-electron chi connectivity index (χ3n) is 7.04. The Hall–Kier alpha value is -1.60. The van der Waals surface area contributed by atoms with Gasteiger partial charge in [-0.3, -0.25) is 14.6 Å². The van der Waals surface area contributed by atoms with E-state index in [1.807, 2.05) is 24.0 Å². The zero-order valence-corrected chi connectivity index (χ0v) is 24.0. The molecule has 2 aliphatic heterocycles. The van der Waals surface area contributed by atoms with Gasteiger partial charge in [0.2, 0.25) is 5.91 Å². The van der Waals surface area contributed by atoms with Gasteiger partial charge in [0, 0.05) is 45.2 Å². The topological polar surface area (TPSA) is 83.0 Å². The fraction of sp³-hybridized carbons (Fsp3) is 0.520. The van der Waals surface area contributed by atoms with E-state index in [9.17, 15) is 13.2 Å². The Morgan fingerprint density at radius 2 is 1.95 bits per heavy atom. The molecule has 5 rings (SSSR count). The van der Waals surface area contributed by atoms with Crippen molar-refractivity contribution in [1.82, 2.24) is 14.2 Å². The number of hydrogen-bond donors (Lipinski definition) is 0. The van der Waals surface area contributed by atoms with Gasteiger partial charge < -0.3 is 4.74 Å². The van der Waals surface area contributed by atoms with Gasteiger partial charge in [0.05, 0.1) is 28.5 Å². The predicted octanol–water partition coefficient (Wildman–Crippen LogP) is 4.48. The standard InChI is InChI=1S/C25H31ClN4O4S3/c1-18-5-6-20(26)23-22(18)27-25(36-23)30(10-3-9-28-13-15-34-16-14-28)24(31)19-7-11-29(12-8-19)37(32,33)21-4-2-17-35-21/h2,4-6,17,19H,3,7-16H2,1H3. The smallest absolute Gasteiger partial charge is 0.252 e. The van der Waals surface area contributed by atoms with Crippen molar-refractivity contribution in [3.8, 4) is 0 Å². The molecule has 0 radical (unpaired) electrons. The van der Waals surface area contributed by atoms with Crippen LogP contribution in [0.15, 0.2) is 33.9 Å². The quantitative estimate of drug-likeness (QED) is 0.390. The summed E-state index contributed by atoms with van der Waals surface area (Å²) < 4.78 is 34.1. The number of hydrogen-bond acceptors (Lipinski definition) is 8. The summed E-state index contributed by atoms with van der Waals surface area (Å²) in [4.78, 5) is 22.9. The molecule has 0 bridgehead atoms. The average Bonchev–Trinajstić information content (AvgIpc) is 3.61. The lowest BCUT2D eigenvalue weighted by atomic mass is 9.96. The fourth-order valence-corrected chi connectivity index (χ4v) is 8.85. The number of aryl methyl sites for hydroxylation is 1. The lowest BCUT2D eigenvalue weighted by Gasteiger charge is -2.33. The highest BCUT2D eigenvalue weighted by atomic mass is 35.5. The third-order valence-corrected chi connectivity index (χ3v) is 11.8. The molecule has 200 valence electrons. The van der Waals surface area contributed by atoms with Crippen molar-refractivity contribution in [2.24, 2.45) is 5.92 Å². The van der Waals surface area contributed by atoms with E-state index in [0.717, 1.165) is 55.0 Å². The Bertz CT molecular complexity index is 1290. The highest BCUT2D eigenvalue weighted by Crippen LogP contribution is 2.37. The third kappa shape index (κ3) is 5.88. The summed E-state index contributed by atoms with van der Waals surface area (Å²) in [7, 11) is -3.51. The van der Waals surface area contributed by atoms with Crippen molar-refractivity contribution in [2.75, 3.05) is 57.4 Å². The molecular weight excluding hydrogens is 552 g/mol. The van der Waals surface area contributed by atoms with Crippen LogP contribution in [0.1, 0.15) is 24.8 Å². The van der Waals surface area contributed by atoms with Gasteiger partial charge in [0.15, 0.2) is 5.13 Å². The summed E-state index contributed by atoms with van der Waals surface area (Å²) in [5, 5.41) is 3.06. The monoisotopic (exact) mass is 582 g/mol. The van der Waals surface area contributed by atoms with E-state index in [0.29, 0.717) is 46.8 Å². The Kier molecular flexibility index (Phi) is 8.49. The molecule has 1 amide bonds. The van der Waals surface area contributed by atoms with Crippen LogP contribution in [0.2, 0.25) is 5.02 Å². The number of thiazole rings is 1. The number of anilines is 1. The Morgan fingerprint density at radius 1 is 1.19 bits per heavy atom. The average molecular weight is 583 g/mol. The number of aromatic nitrogens is 1. The van der Waals surface area contributed by atoms with Crippen molar-refractivity contribution in [2.45, 2.75) is 30.4 Å². The van der Waals surface area contributed by atoms with Crippen LogP contribution in [0.4, 0.5) is 5.13 Å². The molecule has 0 unspecified atom stereocenters. The van der Waals surface area contributed by atoms with Crippen LogP contribution in [0.25, 0.3) is 10.2 Å². The van der Waals surface area contributed by atoms with Gasteiger partial charge in [-0.05, 0) is 49.3 Å². The summed E-state index contributed by atoms with van der Waals surface area (Å²) in [5.41, 5.74) is 1.85. The molecule has 12 heteroatoms. The molecule has 8 nitrogen and oxygen atoms in total. The molecule has 2 aromatic heterocycles. The second-order valence-corrected chi connectivity index (χ2v) is 13.9. The predicted molar refractivity (Wildman–Crippen MR) is 149 cm³/mol. The van der Waals surface area contributed by atoms with Crippen LogP contribution < -0.4 is 4.90 Å². The molecule has 0 saturated carbocycles. The molecule has 3 aromatic rings. The normalized spacial score (nSPS) is 18.4. The van der Waals surface area contributed by atoms with Crippen LogP contribution in [-0.2, 0) is 19.6 Å². The maximum atomic E-state index is 13.9. The first-order chi connectivity index (χ1) is 17.8. The van der Waals surface area contributed by atoms with E-state index in [2.05, 4.69) is 4.90 Å². The number of morpholine rings is 1. The maximum Gasteiger partial charge on any atom is 0.252 e. The summed E-state index contributed by atoms with van der Waals surface area (Å²) in [6.45, 7) is 7.40. The fourth-order valence-electron chi connectivity index (χ4n) is 4.88. The van der Waals surface area contributed by atoms with Gasteiger partial charge in [0.25, 0.3) is 10.0 Å². The second kappa shape index (κ2) is 11.6. The van der Waals surface area contributed by atoms with Crippen LogP contribution in [0.5, 0.6) is 0 Å². The number of carbonyl (C=O) groups excluding carboxylic acids is 1. The van der Waals surface area contributed by atoms with Crippen LogP contribution in [0.3, 0.4) is 0 Å². The number of fused-ring (bicyclic) bond motifs is 1. The molecule has 2 saturated heterocycles. The number of thiophene rings is 1. The van der Waals surface area contributed by atoms with Crippen molar-refractivity contribution in [3.63, 3.8) is 0 Å². The molecule has 4 heterocycles. The van der Waals surface area contributed by atoms with Gasteiger partial charge in [-0.1, -0.05) is 35.1 Å². The van der Waals surface area contributed by atoms with Gasteiger partial charge in [-0.15, -0.1) is 11.3 Å². The number of piperidine rings is 1. The molecule has 0 aliphatic carbocycles. The van der Waals surface area contributed by atoms with Crippen molar-refractivity contribution >= 4 is 65.6 Å². The number of amides is 1. The highest BCUT2D eigenvalue weighted by molar-refractivity contribution is 7.91. The van der Waals surface area contributed by atoms with E-state index in [1.54, 1.807) is 17.5 Å². The Morgan fingerprint density at radius 3 is 2.62 bits per heavy atom. The summed E-state index contributed by atoms with van der Waals surface area (Å²) in [6.07, 6.45) is 1.81. The van der Waals surface area contributed by atoms with Gasteiger partial charge in [-0.25, -0.2) is 13.4 Å². The highest BCUT2D eigenvalue weighted by Gasteiger charge is 2.35. The first kappa shape index (κ1) is 27.0. The minimum absolute atomic E-state index is 0.0166. The lowest BCUT2D eigenvalue weighted by Crippen LogP contribution is -2.45. The molecule has 0 atom stereocenters. The number of nitrogens with zero attached hydrogens (tertiary/aromatic N) is 4. The molecule has 2 fully saturated rings. The molecule has 2 aliphatic rings. The van der Waals surface area contributed by atoms with Crippen LogP contribution in [-0.4, -0.2) is 81.0 Å². The van der Waals surface area contributed by atoms with E-state index in [-0.39, 0.29) is 11.8 Å². The summed E-state index contributed by atoms with van der Waals surface area (Å²) in [6, 6.07) is 7.19. The second-order valence-electron chi connectivity index (χ2n) is 9.45. The lowest BCUT2D eigenvalue weighted by molar-refractivity contribution is -0.123. The molecule has 37 heavy (non-hydrogen) atoms. The van der Waals surface area contributed by atoms with Gasteiger partial charge in [0.1, 0.15) is 4.21 Å². The molecular formula is C25H31ClN4O4S3. The molecule has 0 N–H and O–H groups in total. The van der Waals surface area contributed by atoms with Crippen molar-refractivity contribution < 1.29 is 17.9 Å². The summed E-state index contributed by atoms with van der Waals surface area (Å²) in [5.74, 6) is -0.232. The zero-order valence-electron chi connectivity index (χ0n) is 20.8. The van der Waals surface area contributed by atoms with E-state index in [4.69, 9.17) is 21.3 Å². The number of carbonyl (C=O) groups is 1.